The van der Waals surface area contributed by atoms with E-state index in [2.05, 4.69) is 14.1 Å². The van der Waals surface area contributed by atoms with Crippen LogP contribution in [-0.4, -0.2) is 26.1 Å². The van der Waals surface area contributed by atoms with E-state index in [1.165, 1.54) is 17.6 Å². The summed E-state index contributed by atoms with van der Waals surface area (Å²) < 4.78 is 5.28. The minimum absolute atomic E-state index is 0. The summed E-state index contributed by atoms with van der Waals surface area (Å²) in [4.78, 5) is 12.0. The van der Waals surface area contributed by atoms with Gasteiger partial charge >= 0.3 is 5.69 Å². The number of halogens is 1. The van der Waals surface area contributed by atoms with Crippen LogP contribution in [0.1, 0.15) is 30.0 Å². The minimum Gasteiger partial charge on any atom is -1.00 e. The summed E-state index contributed by atoms with van der Waals surface area (Å²) in [5.41, 5.74) is 2.29. The van der Waals surface area contributed by atoms with Crippen molar-refractivity contribution in [3.05, 3.63) is 33.4 Å². The molecule has 0 radical (unpaired) electrons. The largest absolute Gasteiger partial charge is 1.00 e. The van der Waals surface area contributed by atoms with Crippen LogP contribution in [0.4, 0.5) is 5.69 Å². The van der Waals surface area contributed by atoms with E-state index in [1.807, 2.05) is 6.07 Å². The molecule has 1 atom stereocenters. The fourth-order valence-corrected chi connectivity index (χ4v) is 2.82. The third-order valence-corrected chi connectivity index (χ3v) is 3.67. The molecule has 6 heteroatoms. The Morgan fingerprint density at radius 1 is 1.42 bits per heavy atom. The molecule has 0 saturated carbocycles. The van der Waals surface area contributed by atoms with Gasteiger partial charge in [0, 0.05) is 23.6 Å². The Morgan fingerprint density at radius 2 is 2.11 bits per heavy atom. The first-order chi connectivity index (χ1) is 8.56. The fraction of sp³-hybridized carbons (Fsp3) is 0.538. The number of hydrogen-bond acceptors (Lipinski definition) is 3. The van der Waals surface area contributed by atoms with Crippen molar-refractivity contribution in [1.29, 1.82) is 0 Å². The third kappa shape index (κ3) is 2.82. The molecule has 5 nitrogen and oxygen atoms in total. The molecule has 0 heterocycles. The minimum atomic E-state index is -0.370. The molecule has 2 rings (SSSR count). The molecule has 19 heavy (non-hydrogen) atoms. The summed E-state index contributed by atoms with van der Waals surface area (Å²) in [5, 5.41) is 11.0. The summed E-state index contributed by atoms with van der Waals surface area (Å²) in [6.07, 6.45) is 3.04. The lowest BCUT2D eigenvalue weighted by Crippen LogP contribution is -3.06. The van der Waals surface area contributed by atoms with E-state index in [0.717, 1.165) is 24.8 Å². The Hall–Kier alpha value is -1.33. The lowest BCUT2D eigenvalue weighted by Gasteiger charge is -2.28. The smallest absolute Gasteiger partial charge is 0.311 e. The molecule has 1 aromatic rings. The van der Waals surface area contributed by atoms with E-state index in [4.69, 9.17) is 4.74 Å². The Morgan fingerprint density at radius 3 is 2.63 bits per heavy atom. The van der Waals surface area contributed by atoms with Gasteiger partial charge in [0.1, 0.15) is 6.04 Å². The van der Waals surface area contributed by atoms with Crippen LogP contribution in [0.15, 0.2) is 12.1 Å². The van der Waals surface area contributed by atoms with Crippen LogP contribution in [0, 0.1) is 10.1 Å². The zero-order chi connectivity index (χ0) is 13.3. The van der Waals surface area contributed by atoms with Gasteiger partial charge in [0.25, 0.3) is 0 Å². The molecule has 1 aromatic carbocycles. The summed E-state index contributed by atoms with van der Waals surface area (Å²) >= 11 is 0. The van der Waals surface area contributed by atoms with Gasteiger partial charge in [-0.3, -0.25) is 10.1 Å². The maximum absolute atomic E-state index is 11.0. The highest BCUT2D eigenvalue weighted by atomic mass is 35.5. The summed E-state index contributed by atoms with van der Waals surface area (Å²) in [6, 6.07) is 3.87. The Kier molecular flexibility index (Phi) is 5.14. The van der Waals surface area contributed by atoms with Crippen LogP contribution in [-0.2, 0) is 6.42 Å². The molecule has 0 bridgehead atoms. The molecule has 1 unspecified atom stereocenters. The van der Waals surface area contributed by atoms with Crippen LogP contribution in [0.3, 0.4) is 0 Å². The maximum Gasteiger partial charge on any atom is 0.311 e. The van der Waals surface area contributed by atoms with Gasteiger partial charge in [-0.25, -0.2) is 0 Å². The monoisotopic (exact) mass is 286 g/mol. The second-order valence-corrected chi connectivity index (χ2v) is 4.96. The fourth-order valence-electron chi connectivity index (χ4n) is 2.82. The number of methoxy groups -OCH3 is 1. The first kappa shape index (κ1) is 15.7. The van der Waals surface area contributed by atoms with Gasteiger partial charge in [-0.2, -0.15) is 0 Å². The lowest BCUT2D eigenvalue weighted by molar-refractivity contribution is -0.893. The van der Waals surface area contributed by atoms with E-state index < -0.39 is 0 Å². The standard InChI is InChI=1S/C13H18N2O3.ClH/c1-14(2)11-6-4-5-10-9(11)7-8-12(15(16)17)13(10)18-3;/h7-8,11H,4-6H2,1-3H3;1H. The average molecular weight is 287 g/mol. The number of nitrogens with one attached hydrogen (secondary N) is 1. The SMILES string of the molecule is COc1c([N+](=O)[O-])ccc2c1CCCC2[NH+](C)C.[Cl-]. The zero-order valence-corrected chi connectivity index (χ0v) is 12.2. The zero-order valence-electron chi connectivity index (χ0n) is 11.4. The number of quaternary nitrogens is 1. The molecule has 0 amide bonds. The van der Waals surface area contributed by atoms with E-state index in [1.54, 1.807) is 6.07 Å². The number of hydrogen-bond donors (Lipinski definition) is 1. The third-order valence-electron chi connectivity index (χ3n) is 3.67. The van der Waals surface area contributed by atoms with Crippen LogP contribution in [0.5, 0.6) is 5.75 Å². The highest BCUT2D eigenvalue weighted by molar-refractivity contribution is 5.56. The molecule has 0 aliphatic heterocycles. The predicted molar refractivity (Wildman–Crippen MR) is 68.1 cm³/mol. The molecule has 1 N–H and O–H groups in total. The van der Waals surface area contributed by atoms with Gasteiger partial charge in [0.2, 0.25) is 5.75 Å². The number of nitrogens with zero attached hydrogens (tertiary/aromatic N) is 1. The van der Waals surface area contributed by atoms with E-state index in [-0.39, 0.29) is 23.0 Å². The van der Waals surface area contributed by atoms with Crippen molar-refractivity contribution in [3.8, 4) is 5.75 Å². The van der Waals surface area contributed by atoms with Crippen LogP contribution >= 0.6 is 0 Å². The predicted octanol–water partition coefficient (Wildman–Crippen LogP) is -1.87. The maximum atomic E-state index is 11.0. The first-order valence-electron chi connectivity index (χ1n) is 6.20. The quantitative estimate of drug-likeness (QED) is 0.523. The van der Waals surface area contributed by atoms with Crippen LogP contribution in [0.2, 0.25) is 0 Å². The van der Waals surface area contributed by atoms with Gasteiger partial charge in [-0.05, 0) is 18.9 Å². The van der Waals surface area contributed by atoms with Crippen molar-refractivity contribution in [3.63, 3.8) is 0 Å². The second kappa shape index (κ2) is 6.21. The average Bonchev–Trinajstić information content (AvgIpc) is 2.35. The molecule has 1 aliphatic carbocycles. The number of ether oxygens (including phenoxy) is 1. The number of rotatable bonds is 3. The highest BCUT2D eigenvalue weighted by Crippen LogP contribution is 2.39. The first-order valence-corrected chi connectivity index (χ1v) is 6.20. The van der Waals surface area contributed by atoms with Crippen molar-refractivity contribution in [2.45, 2.75) is 25.3 Å². The summed E-state index contributed by atoms with van der Waals surface area (Å²) in [5.74, 6) is 0.448. The topological polar surface area (TPSA) is 56.8 Å². The molecular weight excluding hydrogens is 268 g/mol. The molecule has 0 saturated heterocycles. The van der Waals surface area contributed by atoms with E-state index in [0.29, 0.717) is 11.8 Å². The Labute approximate surface area is 119 Å². The van der Waals surface area contributed by atoms with E-state index >= 15 is 0 Å². The number of benzene rings is 1. The lowest BCUT2D eigenvalue weighted by atomic mass is 9.86. The van der Waals surface area contributed by atoms with Gasteiger partial charge < -0.3 is 22.0 Å². The molecular formula is C13H19ClN2O3. The number of fused-ring (bicyclic) bond motifs is 1. The highest BCUT2D eigenvalue weighted by Gasteiger charge is 2.31. The van der Waals surface area contributed by atoms with Crippen molar-refractivity contribution < 1.29 is 27.0 Å². The van der Waals surface area contributed by atoms with Gasteiger partial charge in [-0.1, -0.05) is 0 Å². The summed E-state index contributed by atoms with van der Waals surface area (Å²) in [7, 11) is 5.75. The molecule has 106 valence electrons. The van der Waals surface area contributed by atoms with E-state index in [9.17, 15) is 10.1 Å². The van der Waals surface area contributed by atoms with Gasteiger partial charge in [0.05, 0.1) is 26.1 Å². The second-order valence-electron chi connectivity index (χ2n) is 4.96. The molecule has 0 spiro atoms. The van der Waals surface area contributed by atoms with Crippen LogP contribution in [0.25, 0.3) is 0 Å². The van der Waals surface area contributed by atoms with Crippen molar-refractivity contribution in [2.75, 3.05) is 21.2 Å². The van der Waals surface area contributed by atoms with Crippen LogP contribution < -0.4 is 22.0 Å². The van der Waals surface area contributed by atoms with Crippen molar-refractivity contribution in [1.82, 2.24) is 0 Å². The number of nitro benzene ring substituents is 1. The van der Waals surface area contributed by atoms with Crippen molar-refractivity contribution in [2.24, 2.45) is 0 Å². The van der Waals surface area contributed by atoms with Gasteiger partial charge in [0.15, 0.2) is 0 Å². The molecule has 0 fully saturated rings. The Balaban J connectivity index is 0.00000180. The normalized spacial score (nSPS) is 17.6. The summed E-state index contributed by atoms with van der Waals surface area (Å²) in [6.45, 7) is 0. The molecule has 0 aromatic heterocycles. The Bertz CT molecular complexity index is 477. The molecule has 1 aliphatic rings. The van der Waals surface area contributed by atoms with Gasteiger partial charge in [-0.15, -0.1) is 0 Å². The number of nitro groups is 1. The van der Waals surface area contributed by atoms with Crippen molar-refractivity contribution >= 4 is 5.69 Å².